The smallest absolute Gasteiger partial charge is 0.248 e. The lowest BCUT2D eigenvalue weighted by Crippen LogP contribution is -2.08. The number of carbonyl (C=O) groups excluding carboxylic acids is 1. The van der Waals surface area contributed by atoms with Gasteiger partial charge in [-0.3, -0.25) is 4.79 Å². The number of methoxy groups -OCH3 is 1. The van der Waals surface area contributed by atoms with Crippen LogP contribution < -0.4 is 10.1 Å². The van der Waals surface area contributed by atoms with Crippen molar-refractivity contribution in [1.82, 2.24) is 4.98 Å². The van der Waals surface area contributed by atoms with E-state index in [9.17, 15) is 4.79 Å². The van der Waals surface area contributed by atoms with E-state index in [-0.39, 0.29) is 5.91 Å². The third kappa shape index (κ3) is 4.81. The number of fused-ring (bicyclic) bond motifs is 1. The molecule has 0 bridgehead atoms. The van der Waals surface area contributed by atoms with Gasteiger partial charge in [0.1, 0.15) is 11.3 Å². The number of benzene rings is 3. The zero-order valence-electron chi connectivity index (χ0n) is 16.8. The second-order valence-electron chi connectivity index (χ2n) is 6.89. The van der Waals surface area contributed by atoms with Crippen molar-refractivity contribution in [3.05, 3.63) is 81.3 Å². The first-order valence-electron chi connectivity index (χ1n) is 9.42. The van der Waals surface area contributed by atoms with E-state index in [4.69, 9.17) is 20.8 Å². The predicted octanol–water partition coefficient (Wildman–Crippen LogP) is 6.88. The number of halogens is 2. The molecule has 0 fully saturated rings. The van der Waals surface area contributed by atoms with Gasteiger partial charge in [-0.25, -0.2) is 4.98 Å². The van der Waals surface area contributed by atoms with Crippen LogP contribution in [0.1, 0.15) is 11.1 Å². The number of aromatic nitrogens is 1. The van der Waals surface area contributed by atoms with Gasteiger partial charge in [-0.1, -0.05) is 33.6 Å². The number of carbonyl (C=O) groups is 1. The summed E-state index contributed by atoms with van der Waals surface area (Å²) in [7, 11) is 1.58. The largest absolute Gasteiger partial charge is 0.496 e. The maximum Gasteiger partial charge on any atom is 0.248 e. The van der Waals surface area contributed by atoms with Gasteiger partial charge in [0, 0.05) is 21.7 Å². The molecule has 0 aliphatic rings. The molecule has 5 nitrogen and oxygen atoms in total. The summed E-state index contributed by atoms with van der Waals surface area (Å²) in [6.07, 6.45) is 3.11. The molecule has 4 rings (SSSR count). The number of nitrogens with zero attached hydrogens (tertiary/aromatic N) is 1. The van der Waals surface area contributed by atoms with Crippen LogP contribution in [0.3, 0.4) is 0 Å². The molecule has 0 saturated carbocycles. The molecular formula is C24H18BrClN2O3. The Morgan fingerprint density at radius 1 is 1.16 bits per heavy atom. The second kappa shape index (κ2) is 8.96. The van der Waals surface area contributed by atoms with Gasteiger partial charge in [-0.15, -0.1) is 0 Å². The highest BCUT2D eigenvalue weighted by Gasteiger charge is 2.12. The Morgan fingerprint density at radius 3 is 2.81 bits per heavy atom. The first-order valence-corrected chi connectivity index (χ1v) is 10.6. The lowest BCUT2D eigenvalue weighted by Gasteiger charge is -2.07. The number of nitrogens with one attached hydrogen (secondary N) is 1. The van der Waals surface area contributed by atoms with Gasteiger partial charge in [0.05, 0.1) is 17.8 Å². The van der Waals surface area contributed by atoms with E-state index in [1.807, 2.05) is 43.3 Å². The Bertz CT molecular complexity index is 1310. The van der Waals surface area contributed by atoms with Crippen molar-refractivity contribution < 1.29 is 13.9 Å². The molecule has 0 unspecified atom stereocenters. The summed E-state index contributed by atoms with van der Waals surface area (Å²) in [6, 6.07) is 16.6. The zero-order chi connectivity index (χ0) is 22.0. The van der Waals surface area contributed by atoms with Crippen LogP contribution in [0.15, 0.2) is 69.6 Å². The van der Waals surface area contributed by atoms with Gasteiger partial charge >= 0.3 is 0 Å². The maximum atomic E-state index is 12.5. The summed E-state index contributed by atoms with van der Waals surface area (Å²) >= 11 is 9.72. The van der Waals surface area contributed by atoms with Gasteiger partial charge in [-0.05, 0) is 67.1 Å². The Balaban J connectivity index is 1.57. The number of ether oxygens (including phenoxy) is 1. The van der Waals surface area contributed by atoms with E-state index in [1.165, 1.54) is 6.08 Å². The Kier molecular flexibility index (Phi) is 6.11. The zero-order valence-corrected chi connectivity index (χ0v) is 19.1. The Labute approximate surface area is 192 Å². The molecule has 0 atom stereocenters. The van der Waals surface area contributed by atoms with Crippen molar-refractivity contribution >= 4 is 56.3 Å². The van der Waals surface area contributed by atoms with Crippen LogP contribution in [0, 0.1) is 6.92 Å². The molecule has 3 aromatic carbocycles. The van der Waals surface area contributed by atoms with Gasteiger partial charge in [0.25, 0.3) is 0 Å². The Morgan fingerprint density at radius 2 is 2.00 bits per heavy atom. The van der Waals surface area contributed by atoms with Crippen molar-refractivity contribution in [1.29, 1.82) is 0 Å². The number of amides is 1. The highest BCUT2D eigenvalue weighted by molar-refractivity contribution is 9.10. The molecule has 1 amide bonds. The van der Waals surface area contributed by atoms with Gasteiger partial charge in [0.2, 0.25) is 11.8 Å². The van der Waals surface area contributed by atoms with E-state index >= 15 is 0 Å². The number of hydrogen-bond donors (Lipinski definition) is 1. The van der Waals surface area contributed by atoms with Crippen molar-refractivity contribution in [2.24, 2.45) is 0 Å². The lowest BCUT2D eigenvalue weighted by atomic mass is 10.1. The van der Waals surface area contributed by atoms with Gasteiger partial charge < -0.3 is 14.5 Å². The fraction of sp³-hybridized carbons (Fsp3) is 0.0833. The molecule has 1 aromatic heterocycles. The van der Waals surface area contributed by atoms with Crippen LogP contribution in [0.2, 0.25) is 5.02 Å². The van der Waals surface area contributed by atoms with E-state index in [0.29, 0.717) is 33.5 Å². The molecule has 156 valence electrons. The fourth-order valence-corrected chi connectivity index (χ4v) is 3.63. The summed E-state index contributed by atoms with van der Waals surface area (Å²) in [5.41, 5.74) is 4.53. The molecule has 0 aliphatic heterocycles. The quantitative estimate of drug-likeness (QED) is 0.305. The molecule has 4 aromatic rings. The van der Waals surface area contributed by atoms with Crippen molar-refractivity contribution in [3.63, 3.8) is 0 Å². The average molecular weight is 498 g/mol. The first kappa shape index (κ1) is 21.2. The third-order valence-corrected chi connectivity index (χ3v) is 5.44. The molecular weight excluding hydrogens is 480 g/mol. The summed E-state index contributed by atoms with van der Waals surface area (Å²) in [5, 5.41) is 3.22. The normalized spacial score (nSPS) is 11.2. The van der Waals surface area contributed by atoms with Crippen LogP contribution in [-0.2, 0) is 4.79 Å². The predicted molar refractivity (Wildman–Crippen MR) is 128 cm³/mol. The summed E-state index contributed by atoms with van der Waals surface area (Å²) in [6.45, 7) is 2.00. The second-order valence-corrected chi connectivity index (χ2v) is 8.22. The van der Waals surface area contributed by atoms with Crippen molar-refractivity contribution in [2.45, 2.75) is 6.92 Å². The van der Waals surface area contributed by atoms with E-state index in [0.717, 1.165) is 21.1 Å². The molecule has 31 heavy (non-hydrogen) atoms. The monoisotopic (exact) mass is 496 g/mol. The van der Waals surface area contributed by atoms with Crippen LogP contribution >= 0.6 is 27.5 Å². The minimum Gasteiger partial charge on any atom is -0.496 e. The summed E-state index contributed by atoms with van der Waals surface area (Å²) in [5.74, 6) is 0.801. The molecule has 0 radical (unpaired) electrons. The fourth-order valence-electron chi connectivity index (χ4n) is 3.09. The highest BCUT2D eigenvalue weighted by Crippen LogP contribution is 2.31. The summed E-state index contributed by atoms with van der Waals surface area (Å²) in [4.78, 5) is 17.0. The molecule has 0 saturated heterocycles. The molecule has 1 N–H and O–H groups in total. The molecule has 1 heterocycles. The average Bonchev–Trinajstić information content (AvgIpc) is 3.17. The van der Waals surface area contributed by atoms with Crippen LogP contribution in [0.4, 0.5) is 5.69 Å². The maximum absolute atomic E-state index is 12.5. The van der Waals surface area contributed by atoms with E-state index in [1.54, 1.807) is 31.4 Å². The van der Waals surface area contributed by atoms with Crippen molar-refractivity contribution in [2.75, 3.05) is 12.4 Å². The van der Waals surface area contributed by atoms with Crippen LogP contribution in [-0.4, -0.2) is 18.0 Å². The number of aryl methyl sites for hydroxylation is 1. The van der Waals surface area contributed by atoms with Gasteiger partial charge in [0.15, 0.2) is 5.58 Å². The van der Waals surface area contributed by atoms with Crippen LogP contribution in [0.5, 0.6) is 5.75 Å². The topological polar surface area (TPSA) is 64.4 Å². The number of hydrogen-bond acceptors (Lipinski definition) is 4. The van der Waals surface area contributed by atoms with E-state index < -0.39 is 0 Å². The minimum atomic E-state index is -0.325. The highest BCUT2D eigenvalue weighted by atomic mass is 79.9. The SMILES string of the molecule is COc1ccc(Br)cc1/C=C/C(=O)Nc1cc(-c2nc3cc(C)ccc3o2)ccc1Cl. The summed E-state index contributed by atoms with van der Waals surface area (Å²) < 4.78 is 12.1. The standard InChI is InChI=1S/C24H18BrClN2O3/c1-14-3-8-22-20(11-14)28-24(31-22)16-4-7-18(26)19(13-16)27-23(29)10-5-15-12-17(25)6-9-21(15)30-2/h3-13H,1-2H3,(H,27,29)/b10-5+. The molecule has 0 aliphatic carbocycles. The lowest BCUT2D eigenvalue weighted by molar-refractivity contribution is -0.111. The Hall–Kier alpha value is -3.09. The van der Waals surface area contributed by atoms with Crippen molar-refractivity contribution in [3.8, 4) is 17.2 Å². The van der Waals surface area contributed by atoms with Crippen LogP contribution in [0.25, 0.3) is 28.6 Å². The third-order valence-electron chi connectivity index (χ3n) is 4.62. The molecule has 7 heteroatoms. The number of anilines is 1. The van der Waals surface area contributed by atoms with E-state index in [2.05, 4.69) is 26.2 Å². The number of rotatable bonds is 5. The first-order chi connectivity index (χ1) is 14.9. The number of oxazole rings is 1. The molecule has 0 spiro atoms. The minimum absolute atomic E-state index is 0.325. The van der Waals surface area contributed by atoms with Gasteiger partial charge in [-0.2, -0.15) is 0 Å².